The first-order valence-corrected chi connectivity index (χ1v) is 4.73. The largest absolute Gasteiger partial charge is 0.343 e. The molecule has 0 atom stereocenters. The zero-order valence-corrected chi connectivity index (χ0v) is 8.70. The second-order valence-electron chi connectivity index (χ2n) is 3.54. The van der Waals surface area contributed by atoms with Crippen molar-refractivity contribution in [1.29, 1.82) is 5.26 Å². The highest BCUT2D eigenvalue weighted by atomic mass is 14.9. The zero-order chi connectivity index (χ0) is 10.8. The molecule has 1 heterocycles. The molecular weight excluding hydrogens is 186 g/mol. The van der Waals surface area contributed by atoms with Gasteiger partial charge >= 0.3 is 0 Å². The molecule has 0 spiro atoms. The number of nitrogens with zero attached hydrogens (tertiary/aromatic N) is 2. The third kappa shape index (κ3) is 1.62. The number of hydrogen-bond donors (Lipinski definition) is 1. The molecule has 0 saturated carbocycles. The summed E-state index contributed by atoms with van der Waals surface area (Å²) in [5, 5.41) is 8.86. The van der Waals surface area contributed by atoms with Gasteiger partial charge in [-0.05, 0) is 31.0 Å². The number of nitrogens with one attached hydrogen (secondary N) is 1. The molecule has 0 aliphatic heterocycles. The van der Waals surface area contributed by atoms with Gasteiger partial charge in [-0.3, -0.25) is 0 Å². The Balaban J connectivity index is 2.56. The first-order chi connectivity index (χ1) is 7.22. The maximum absolute atomic E-state index is 8.86. The molecule has 0 unspecified atom stereocenters. The van der Waals surface area contributed by atoms with E-state index in [1.807, 2.05) is 12.1 Å². The van der Waals surface area contributed by atoms with Crippen molar-refractivity contribution >= 4 is 0 Å². The Kier molecular flexibility index (Phi) is 2.26. The van der Waals surface area contributed by atoms with Gasteiger partial charge in [0.1, 0.15) is 6.07 Å². The van der Waals surface area contributed by atoms with Crippen molar-refractivity contribution in [2.75, 3.05) is 0 Å². The number of hydrogen-bond acceptors (Lipinski definition) is 2. The second-order valence-corrected chi connectivity index (χ2v) is 3.54. The summed E-state index contributed by atoms with van der Waals surface area (Å²) in [6.45, 7) is 4.12. The van der Waals surface area contributed by atoms with Gasteiger partial charge in [0.2, 0.25) is 0 Å². The lowest BCUT2D eigenvalue weighted by Crippen LogP contribution is -1.86. The average Bonchev–Trinajstić information content (AvgIpc) is 2.70. The molecule has 15 heavy (non-hydrogen) atoms. The van der Waals surface area contributed by atoms with E-state index in [1.165, 1.54) is 11.1 Å². The van der Waals surface area contributed by atoms with E-state index in [9.17, 15) is 0 Å². The van der Waals surface area contributed by atoms with E-state index in [2.05, 4.69) is 36.0 Å². The highest BCUT2D eigenvalue weighted by Crippen LogP contribution is 2.22. The monoisotopic (exact) mass is 197 g/mol. The van der Waals surface area contributed by atoms with Crippen molar-refractivity contribution in [3.8, 4) is 17.3 Å². The number of benzene rings is 1. The van der Waals surface area contributed by atoms with Crippen LogP contribution in [0.3, 0.4) is 0 Å². The van der Waals surface area contributed by atoms with E-state index in [4.69, 9.17) is 5.26 Å². The van der Waals surface area contributed by atoms with Gasteiger partial charge in [0.15, 0.2) is 5.69 Å². The number of imidazole rings is 1. The summed E-state index contributed by atoms with van der Waals surface area (Å²) < 4.78 is 0. The van der Waals surface area contributed by atoms with Crippen LogP contribution in [0.25, 0.3) is 11.3 Å². The van der Waals surface area contributed by atoms with Crippen LogP contribution in [-0.4, -0.2) is 9.97 Å². The SMILES string of the molecule is Cc1ccc(-c2[nH]cnc2C#N)cc1C. The van der Waals surface area contributed by atoms with Crippen LogP contribution in [0.5, 0.6) is 0 Å². The standard InChI is InChI=1S/C12H11N3/c1-8-3-4-10(5-9(8)2)12-11(6-13)14-7-15-12/h3-5,7H,1-2H3,(H,14,15). The van der Waals surface area contributed by atoms with Crippen LogP contribution < -0.4 is 0 Å². The predicted molar refractivity (Wildman–Crippen MR) is 58.2 cm³/mol. The number of H-pyrrole nitrogens is 1. The van der Waals surface area contributed by atoms with Gasteiger partial charge in [-0.25, -0.2) is 4.98 Å². The first kappa shape index (κ1) is 9.47. The van der Waals surface area contributed by atoms with Crippen LogP contribution in [-0.2, 0) is 0 Å². The molecule has 1 N–H and O–H groups in total. The number of aryl methyl sites for hydroxylation is 2. The molecule has 0 bridgehead atoms. The predicted octanol–water partition coefficient (Wildman–Crippen LogP) is 2.57. The molecule has 0 saturated heterocycles. The van der Waals surface area contributed by atoms with Gasteiger partial charge in [-0.15, -0.1) is 0 Å². The maximum atomic E-state index is 8.86. The highest BCUT2D eigenvalue weighted by Gasteiger charge is 2.07. The van der Waals surface area contributed by atoms with Crippen LogP contribution in [0.2, 0.25) is 0 Å². The minimum atomic E-state index is 0.443. The van der Waals surface area contributed by atoms with Gasteiger partial charge in [0.05, 0.1) is 12.0 Å². The Morgan fingerprint density at radius 2 is 2.07 bits per heavy atom. The van der Waals surface area contributed by atoms with Crippen molar-refractivity contribution in [3.63, 3.8) is 0 Å². The van der Waals surface area contributed by atoms with Crippen molar-refractivity contribution in [2.24, 2.45) is 0 Å². The first-order valence-electron chi connectivity index (χ1n) is 4.73. The molecular formula is C12H11N3. The normalized spacial score (nSPS) is 9.93. The third-order valence-corrected chi connectivity index (χ3v) is 2.54. The lowest BCUT2D eigenvalue weighted by atomic mass is 10.0. The Morgan fingerprint density at radius 3 is 2.73 bits per heavy atom. The minimum absolute atomic E-state index is 0.443. The fraction of sp³-hybridized carbons (Fsp3) is 0.167. The molecule has 2 aromatic rings. The Labute approximate surface area is 88.4 Å². The summed E-state index contributed by atoms with van der Waals surface area (Å²) in [4.78, 5) is 6.93. The molecule has 74 valence electrons. The van der Waals surface area contributed by atoms with Gasteiger partial charge in [0.25, 0.3) is 0 Å². The molecule has 1 aromatic heterocycles. The fourth-order valence-electron chi connectivity index (χ4n) is 1.50. The molecule has 0 radical (unpaired) electrons. The van der Waals surface area contributed by atoms with E-state index >= 15 is 0 Å². The number of nitriles is 1. The summed E-state index contributed by atoms with van der Waals surface area (Å²) >= 11 is 0. The Morgan fingerprint density at radius 1 is 1.27 bits per heavy atom. The highest BCUT2D eigenvalue weighted by molar-refractivity contribution is 5.65. The molecule has 3 heteroatoms. The van der Waals surface area contributed by atoms with E-state index in [-0.39, 0.29) is 0 Å². The number of aromatic nitrogens is 2. The summed E-state index contributed by atoms with van der Waals surface area (Å²) in [5.74, 6) is 0. The van der Waals surface area contributed by atoms with Crippen LogP contribution in [0.1, 0.15) is 16.8 Å². The van der Waals surface area contributed by atoms with E-state index in [0.717, 1.165) is 11.3 Å². The smallest absolute Gasteiger partial charge is 0.166 e. The van der Waals surface area contributed by atoms with Crippen LogP contribution in [0.15, 0.2) is 24.5 Å². The maximum Gasteiger partial charge on any atom is 0.166 e. The fourth-order valence-corrected chi connectivity index (χ4v) is 1.50. The average molecular weight is 197 g/mol. The third-order valence-electron chi connectivity index (χ3n) is 2.54. The van der Waals surface area contributed by atoms with Gasteiger partial charge in [0, 0.05) is 5.56 Å². The van der Waals surface area contributed by atoms with Crippen molar-refractivity contribution < 1.29 is 0 Å². The van der Waals surface area contributed by atoms with E-state index in [0.29, 0.717) is 5.69 Å². The van der Waals surface area contributed by atoms with Gasteiger partial charge in [-0.2, -0.15) is 5.26 Å². The quantitative estimate of drug-likeness (QED) is 0.763. The summed E-state index contributed by atoms with van der Waals surface area (Å²) in [5.41, 5.74) is 4.70. The Hall–Kier alpha value is -2.08. The summed E-state index contributed by atoms with van der Waals surface area (Å²) in [7, 11) is 0. The van der Waals surface area contributed by atoms with Crippen LogP contribution >= 0.6 is 0 Å². The molecule has 0 aliphatic carbocycles. The van der Waals surface area contributed by atoms with E-state index in [1.54, 1.807) is 6.33 Å². The number of aromatic amines is 1. The molecule has 0 amide bonds. The summed E-state index contributed by atoms with van der Waals surface area (Å²) in [6, 6.07) is 8.17. The molecule has 3 nitrogen and oxygen atoms in total. The minimum Gasteiger partial charge on any atom is -0.343 e. The second kappa shape index (κ2) is 3.58. The zero-order valence-electron chi connectivity index (χ0n) is 8.70. The van der Waals surface area contributed by atoms with Gasteiger partial charge < -0.3 is 4.98 Å². The van der Waals surface area contributed by atoms with Crippen molar-refractivity contribution in [2.45, 2.75) is 13.8 Å². The van der Waals surface area contributed by atoms with Crippen LogP contribution in [0.4, 0.5) is 0 Å². The lowest BCUT2D eigenvalue weighted by Gasteiger charge is -2.03. The topological polar surface area (TPSA) is 52.5 Å². The van der Waals surface area contributed by atoms with Crippen molar-refractivity contribution in [1.82, 2.24) is 9.97 Å². The molecule has 1 aromatic carbocycles. The number of rotatable bonds is 1. The van der Waals surface area contributed by atoms with Crippen LogP contribution in [0, 0.1) is 25.2 Å². The molecule has 0 aliphatic rings. The van der Waals surface area contributed by atoms with E-state index < -0.39 is 0 Å². The van der Waals surface area contributed by atoms with Crippen molar-refractivity contribution in [3.05, 3.63) is 41.3 Å². The molecule has 2 rings (SSSR count). The lowest BCUT2D eigenvalue weighted by molar-refractivity contribution is 1.29. The summed E-state index contributed by atoms with van der Waals surface area (Å²) in [6.07, 6.45) is 1.54. The van der Waals surface area contributed by atoms with Gasteiger partial charge in [-0.1, -0.05) is 12.1 Å². The molecule has 0 fully saturated rings. The Bertz CT molecular complexity index is 532.